The van der Waals surface area contributed by atoms with Crippen molar-refractivity contribution in [2.75, 3.05) is 0 Å². The standard InChI is InChI=1S/C20H12N4S/c21-12-15(18-9-8-14-5-1-2-6-17(14)24-18)11-16-13-25-20(23-16)19-7-3-4-10-22-19/h1-11,13H/b15-11-. The molecule has 0 aliphatic carbocycles. The smallest absolute Gasteiger partial charge is 0.142 e. The summed E-state index contributed by atoms with van der Waals surface area (Å²) in [6.45, 7) is 0. The highest BCUT2D eigenvalue weighted by molar-refractivity contribution is 7.13. The molecule has 0 saturated heterocycles. The van der Waals surface area contributed by atoms with E-state index in [-0.39, 0.29) is 0 Å². The predicted octanol–water partition coefficient (Wildman–Crippen LogP) is 4.82. The maximum absolute atomic E-state index is 9.54. The van der Waals surface area contributed by atoms with E-state index in [0.29, 0.717) is 11.3 Å². The molecule has 1 aromatic carbocycles. The second-order valence-corrected chi connectivity index (χ2v) is 6.21. The van der Waals surface area contributed by atoms with Crippen LogP contribution in [-0.4, -0.2) is 15.0 Å². The molecule has 118 valence electrons. The van der Waals surface area contributed by atoms with E-state index in [9.17, 15) is 5.26 Å². The number of hydrogen-bond donors (Lipinski definition) is 0. The second-order valence-electron chi connectivity index (χ2n) is 5.35. The van der Waals surface area contributed by atoms with Gasteiger partial charge in [0, 0.05) is 17.0 Å². The van der Waals surface area contributed by atoms with Gasteiger partial charge in [-0.25, -0.2) is 9.97 Å². The third kappa shape index (κ3) is 3.16. The molecule has 0 amide bonds. The summed E-state index contributed by atoms with van der Waals surface area (Å²) in [5.74, 6) is 0. The van der Waals surface area contributed by atoms with Crippen molar-refractivity contribution in [1.82, 2.24) is 15.0 Å². The Morgan fingerprint density at radius 2 is 1.88 bits per heavy atom. The maximum Gasteiger partial charge on any atom is 0.142 e. The fourth-order valence-corrected chi connectivity index (χ4v) is 3.24. The molecule has 0 aliphatic heterocycles. The van der Waals surface area contributed by atoms with Crippen molar-refractivity contribution >= 4 is 33.9 Å². The van der Waals surface area contributed by atoms with Crippen LogP contribution in [0.1, 0.15) is 11.4 Å². The van der Waals surface area contributed by atoms with Crippen molar-refractivity contribution in [3.63, 3.8) is 0 Å². The Labute approximate surface area is 148 Å². The van der Waals surface area contributed by atoms with E-state index in [1.165, 1.54) is 11.3 Å². The van der Waals surface area contributed by atoms with Crippen LogP contribution in [0.4, 0.5) is 0 Å². The Balaban J connectivity index is 1.71. The molecule has 25 heavy (non-hydrogen) atoms. The minimum atomic E-state index is 0.489. The Kier molecular flexibility index (Phi) is 4.03. The number of benzene rings is 1. The van der Waals surface area contributed by atoms with Gasteiger partial charge in [-0.2, -0.15) is 5.26 Å². The van der Waals surface area contributed by atoms with Crippen LogP contribution in [0.2, 0.25) is 0 Å². The lowest BCUT2D eigenvalue weighted by atomic mass is 10.1. The summed E-state index contributed by atoms with van der Waals surface area (Å²) in [5, 5.41) is 13.3. The summed E-state index contributed by atoms with van der Waals surface area (Å²) in [6.07, 6.45) is 3.51. The average Bonchev–Trinajstić information content (AvgIpc) is 3.15. The van der Waals surface area contributed by atoms with E-state index in [4.69, 9.17) is 0 Å². The molecule has 4 rings (SSSR count). The summed E-state index contributed by atoms with van der Waals surface area (Å²) >= 11 is 1.50. The van der Waals surface area contributed by atoms with Gasteiger partial charge in [0.25, 0.3) is 0 Å². The molecule has 0 N–H and O–H groups in total. The van der Waals surface area contributed by atoms with Crippen LogP contribution in [0.5, 0.6) is 0 Å². The molecule has 0 unspecified atom stereocenters. The largest absolute Gasteiger partial charge is 0.254 e. The van der Waals surface area contributed by atoms with Gasteiger partial charge in [0.2, 0.25) is 0 Å². The van der Waals surface area contributed by atoms with Gasteiger partial charge in [-0.05, 0) is 30.3 Å². The zero-order valence-corrected chi connectivity index (χ0v) is 13.9. The number of nitriles is 1. The molecule has 0 saturated carbocycles. The van der Waals surface area contributed by atoms with Crippen LogP contribution in [-0.2, 0) is 0 Å². The van der Waals surface area contributed by atoms with Gasteiger partial charge in [0.1, 0.15) is 11.1 Å². The molecule has 0 fully saturated rings. The van der Waals surface area contributed by atoms with Crippen LogP contribution in [0, 0.1) is 11.3 Å². The highest BCUT2D eigenvalue weighted by atomic mass is 32.1. The number of thiazole rings is 1. The van der Waals surface area contributed by atoms with Gasteiger partial charge in [0.15, 0.2) is 0 Å². The van der Waals surface area contributed by atoms with E-state index in [2.05, 4.69) is 21.0 Å². The van der Waals surface area contributed by atoms with Crippen molar-refractivity contribution < 1.29 is 0 Å². The van der Waals surface area contributed by atoms with Gasteiger partial charge in [-0.3, -0.25) is 4.98 Å². The first-order chi connectivity index (χ1) is 12.3. The quantitative estimate of drug-likeness (QED) is 0.502. The lowest BCUT2D eigenvalue weighted by Crippen LogP contribution is -1.89. The molecule has 3 heterocycles. The number of pyridine rings is 2. The highest BCUT2D eigenvalue weighted by Crippen LogP contribution is 2.24. The van der Waals surface area contributed by atoms with E-state index >= 15 is 0 Å². The molecular weight excluding hydrogens is 328 g/mol. The fourth-order valence-electron chi connectivity index (χ4n) is 2.49. The van der Waals surface area contributed by atoms with Crippen LogP contribution in [0.3, 0.4) is 0 Å². The number of fused-ring (bicyclic) bond motifs is 1. The lowest BCUT2D eigenvalue weighted by Gasteiger charge is -2.01. The molecule has 0 spiro atoms. The number of rotatable bonds is 3. The Bertz CT molecular complexity index is 1110. The number of para-hydroxylation sites is 1. The Hall–Kier alpha value is -3.36. The monoisotopic (exact) mass is 340 g/mol. The first-order valence-corrected chi connectivity index (χ1v) is 8.56. The average molecular weight is 340 g/mol. The van der Waals surface area contributed by atoms with Gasteiger partial charge >= 0.3 is 0 Å². The molecule has 0 atom stereocenters. The summed E-state index contributed by atoms with van der Waals surface area (Å²) in [6, 6.07) is 19.6. The van der Waals surface area contributed by atoms with Gasteiger partial charge in [-0.15, -0.1) is 11.3 Å². The molecule has 4 aromatic rings. The zero-order valence-electron chi connectivity index (χ0n) is 13.1. The zero-order chi connectivity index (χ0) is 17.1. The predicted molar refractivity (Wildman–Crippen MR) is 101 cm³/mol. The second kappa shape index (κ2) is 6.63. The molecule has 4 nitrogen and oxygen atoms in total. The van der Waals surface area contributed by atoms with E-state index in [1.807, 2.05) is 60.0 Å². The molecule has 0 aliphatic rings. The van der Waals surface area contributed by atoms with E-state index in [0.717, 1.165) is 27.3 Å². The van der Waals surface area contributed by atoms with E-state index in [1.54, 1.807) is 12.3 Å². The summed E-state index contributed by atoms with van der Waals surface area (Å²) < 4.78 is 0. The molecule has 5 heteroatoms. The minimum Gasteiger partial charge on any atom is -0.254 e. The van der Waals surface area contributed by atoms with Gasteiger partial charge < -0.3 is 0 Å². The fraction of sp³-hybridized carbons (Fsp3) is 0. The molecular formula is C20H12N4S. The first-order valence-electron chi connectivity index (χ1n) is 7.68. The molecule has 3 aromatic heterocycles. The minimum absolute atomic E-state index is 0.489. The lowest BCUT2D eigenvalue weighted by molar-refractivity contribution is 1.28. The summed E-state index contributed by atoms with van der Waals surface area (Å²) in [4.78, 5) is 13.4. The molecule has 0 bridgehead atoms. The third-order valence-corrected chi connectivity index (χ3v) is 4.58. The van der Waals surface area contributed by atoms with Crippen LogP contribution in [0.15, 0.2) is 66.2 Å². The Morgan fingerprint density at radius 1 is 1.00 bits per heavy atom. The third-order valence-electron chi connectivity index (χ3n) is 3.69. The van der Waals surface area contributed by atoms with Crippen LogP contribution in [0.25, 0.3) is 33.3 Å². The van der Waals surface area contributed by atoms with Crippen molar-refractivity contribution in [3.8, 4) is 16.8 Å². The van der Waals surface area contributed by atoms with Crippen LogP contribution >= 0.6 is 11.3 Å². The SMILES string of the molecule is N#C/C(=C/c1csc(-c2ccccn2)n1)c1ccc2ccccc2n1. The highest BCUT2D eigenvalue weighted by Gasteiger charge is 2.08. The summed E-state index contributed by atoms with van der Waals surface area (Å²) in [7, 11) is 0. The first kappa shape index (κ1) is 15.2. The topological polar surface area (TPSA) is 62.5 Å². The van der Waals surface area contributed by atoms with Crippen LogP contribution < -0.4 is 0 Å². The number of aromatic nitrogens is 3. The number of hydrogen-bond acceptors (Lipinski definition) is 5. The van der Waals surface area contributed by atoms with Crippen molar-refractivity contribution in [2.24, 2.45) is 0 Å². The van der Waals surface area contributed by atoms with Crippen molar-refractivity contribution in [3.05, 3.63) is 77.6 Å². The molecule has 0 radical (unpaired) electrons. The van der Waals surface area contributed by atoms with Gasteiger partial charge in [0.05, 0.1) is 28.2 Å². The normalized spacial score (nSPS) is 11.4. The van der Waals surface area contributed by atoms with Crippen molar-refractivity contribution in [2.45, 2.75) is 0 Å². The summed E-state index contributed by atoms with van der Waals surface area (Å²) in [5.41, 5.74) is 3.57. The maximum atomic E-state index is 9.54. The Morgan fingerprint density at radius 3 is 2.72 bits per heavy atom. The number of allylic oxidation sites excluding steroid dienone is 1. The van der Waals surface area contributed by atoms with Gasteiger partial charge in [-0.1, -0.05) is 30.3 Å². The van der Waals surface area contributed by atoms with Crippen molar-refractivity contribution in [1.29, 1.82) is 5.26 Å². The number of nitrogens with zero attached hydrogens (tertiary/aromatic N) is 4. The van der Waals surface area contributed by atoms with E-state index < -0.39 is 0 Å².